The van der Waals surface area contributed by atoms with Crippen molar-refractivity contribution < 1.29 is 14.4 Å². The molecule has 2 N–H and O–H groups in total. The lowest BCUT2D eigenvalue weighted by atomic mass is 9.98. The number of piperazine rings is 1. The maximum absolute atomic E-state index is 13.2. The summed E-state index contributed by atoms with van der Waals surface area (Å²) in [6.07, 6.45) is 3.70. The highest BCUT2D eigenvalue weighted by molar-refractivity contribution is 6.09. The van der Waals surface area contributed by atoms with Gasteiger partial charge in [-0.1, -0.05) is 62.2 Å². The zero-order chi connectivity index (χ0) is 22.0. The fourth-order valence-electron chi connectivity index (χ4n) is 4.39. The van der Waals surface area contributed by atoms with Crippen molar-refractivity contribution in [1.82, 2.24) is 4.90 Å². The van der Waals surface area contributed by atoms with Gasteiger partial charge in [-0.25, -0.2) is 0 Å². The maximum Gasteiger partial charge on any atom is 0.246 e. The quantitative estimate of drug-likeness (QED) is 0.699. The van der Waals surface area contributed by atoms with Crippen molar-refractivity contribution in [3.05, 3.63) is 54.6 Å². The summed E-state index contributed by atoms with van der Waals surface area (Å²) in [5.74, 6) is -0.976. The molecule has 0 aromatic heterocycles. The van der Waals surface area contributed by atoms with Gasteiger partial charge in [-0.3, -0.25) is 14.4 Å². The molecule has 0 spiro atoms. The number of primary amides is 1. The number of carbonyl (C=O) groups excluding carboxylic acids is 3. The molecule has 1 saturated carbocycles. The summed E-state index contributed by atoms with van der Waals surface area (Å²) in [6, 6.07) is 17.9. The van der Waals surface area contributed by atoms with Crippen molar-refractivity contribution in [3.8, 4) is 11.1 Å². The van der Waals surface area contributed by atoms with Crippen LogP contribution in [-0.4, -0.2) is 41.8 Å². The van der Waals surface area contributed by atoms with Crippen LogP contribution >= 0.6 is 0 Å². The lowest BCUT2D eigenvalue weighted by Crippen LogP contribution is -2.60. The monoisotopic (exact) mass is 419 g/mol. The van der Waals surface area contributed by atoms with Gasteiger partial charge < -0.3 is 15.5 Å². The second kappa shape index (κ2) is 8.53. The topological polar surface area (TPSA) is 83.7 Å². The van der Waals surface area contributed by atoms with Gasteiger partial charge in [0.25, 0.3) is 0 Å². The van der Waals surface area contributed by atoms with E-state index in [0.29, 0.717) is 19.4 Å². The molecule has 1 saturated heterocycles. The number of anilines is 1. The summed E-state index contributed by atoms with van der Waals surface area (Å²) in [5.41, 5.74) is 7.39. The molecule has 0 radical (unpaired) electrons. The molecule has 162 valence electrons. The van der Waals surface area contributed by atoms with Crippen molar-refractivity contribution in [2.45, 2.75) is 45.1 Å². The molecule has 1 aliphatic carbocycles. The van der Waals surface area contributed by atoms with Crippen LogP contribution in [0.4, 0.5) is 5.69 Å². The van der Waals surface area contributed by atoms with Crippen LogP contribution < -0.4 is 10.6 Å². The van der Waals surface area contributed by atoms with E-state index in [1.54, 1.807) is 9.80 Å². The lowest BCUT2D eigenvalue weighted by molar-refractivity contribution is -0.148. The Hall–Kier alpha value is -3.15. The molecule has 1 aliphatic heterocycles. The Bertz CT molecular complexity index is 985. The minimum absolute atomic E-state index is 0.0161. The normalized spacial score (nSPS) is 19.9. The molecule has 6 nitrogen and oxygen atoms in total. The van der Waals surface area contributed by atoms with Gasteiger partial charge >= 0.3 is 0 Å². The Morgan fingerprint density at radius 2 is 1.77 bits per heavy atom. The first-order chi connectivity index (χ1) is 15.0. The van der Waals surface area contributed by atoms with E-state index in [0.717, 1.165) is 36.1 Å². The van der Waals surface area contributed by atoms with Gasteiger partial charge in [-0.05, 0) is 42.5 Å². The van der Waals surface area contributed by atoms with Crippen molar-refractivity contribution in [3.63, 3.8) is 0 Å². The summed E-state index contributed by atoms with van der Waals surface area (Å²) in [7, 11) is 0. The molecule has 2 aliphatic rings. The standard InChI is InChI=1S/C25H29N3O3/c1-2-3-11-21-16-27(20-12-7-10-19(15-20)18-8-5-4-6-9-18)22(29)17-28(21)24(31)25(13-14-25)23(26)30/h4-10,12,15,21H,2-3,11,13-14,16-17H2,1H3,(H2,26,30)/t21-/m1/s1. The summed E-state index contributed by atoms with van der Waals surface area (Å²) in [4.78, 5) is 41.6. The first-order valence-corrected chi connectivity index (χ1v) is 11.0. The minimum Gasteiger partial charge on any atom is -0.369 e. The highest BCUT2D eigenvalue weighted by Gasteiger charge is 2.58. The molecule has 4 rings (SSSR count). The van der Waals surface area contributed by atoms with Crippen molar-refractivity contribution in [2.75, 3.05) is 18.0 Å². The van der Waals surface area contributed by atoms with Gasteiger partial charge in [0.1, 0.15) is 12.0 Å². The highest BCUT2D eigenvalue weighted by atomic mass is 16.2. The van der Waals surface area contributed by atoms with Gasteiger partial charge in [0.2, 0.25) is 17.7 Å². The van der Waals surface area contributed by atoms with Crippen LogP contribution in [0.15, 0.2) is 54.6 Å². The fourth-order valence-corrected chi connectivity index (χ4v) is 4.39. The summed E-state index contributed by atoms with van der Waals surface area (Å²) < 4.78 is 0. The van der Waals surface area contributed by atoms with E-state index in [1.807, 2.05) is 54.6 Å². The van der Waals surface area contributed by atoms with Crippen LogP contribution in [-0.2, 0) is 14.4 Å². The molecule has 3 amide bonds. The largest absolute Gasteiger partial charge is 0.369 e. The number of benzene rings is 2. The van der Waals surface area contributed by atoms with Crippen LogP contribution in [0, 0.1) is 5.41 Å². The molecule has 31 heavy (non-hydrogen) atoms. The van der Waals surface area contributed by atoms with Crippen molar-refractivity contribution in [1.29, 1.82) is 0 Å². The third-order valence-electron chi connectivity index (χ3n) is 6.49. The van der Waals surface area contributed by atoms with Crippen LogP contribution in [0.5, 0.6) is 0 Å². The van der Waals surface area contributed by atoms with E-state index >= 15 is 0 Å². The number of hydrogen-bond donors (Lipinski definition) is 1. The third kappa shape index (κ3) is 4.07. The second-order valence-electron chi connectivity index (χ2n) is 8.60. The van der Waals surface area contributed by atoms with Crippen LogP contribution in [0.1, 0.15) is 39.0 Å². The Balaban J connectivity index is 1.60. The van der Waals surface area contributed by atoms with Crippen LogP contribution in [0.3, 0.4) is 0 Å². The van der Waals surface area contributed by atoms with Crippen LogP contribution in [0.25, 0.3) is 11.1 Å². The zero-order valence-electron chi connectivity index (χ0n) is 17.9. The average Bonchev–Trinajstić information content (AvgIpc) is 3.60. The summed E-state index contributed by atoms with van der Waals surface area (Å²) in [6.45, 7) is 2.52. The molecular weight excluding hydrogens is 390 g/mol. The molecule has 0 bridgehead atoms. The average molecular weight is 420 g/mol. The number of amides is 3. The Morgan fingerprint density at radius 3 is 2.42 bits per heavy atom. The number of unbranched alkanes of at least 4 members (excludes halogenated alkanes) is 1. The molecule has 2 aromatic carbocycles. The van der Waals surface area contributed by atoms with E-state index in [9.17, 15) is 14.4 Å². The number of nitrogens with two attached hydrogens (primary N) is 1. The van der Waals surface area contributed by atoms with Gasteiger partial charge in [-0.2, -0.15) is 0 Å². The van der Waals surface area contributed by atoms with E-state index in [-0.39, 0.29) is 24.4 Å². The smallest absolute Gasteiger partial charge is 0.246 e. The highest BCUT2D eigenvalue weighted by Crippen LogP contribution is 2.47. The lowest BCUT2D eigenvalue weighted by Gasteiger charge is -2.42. The van der Waals surface area contributed by atoms with Crippen molar-refractivity contribution >= 4 is 23.4 Å². The summed E-state index contributed by atoms with van der Waals surface area (Å²) in [5, 5.41) is 0. The number of nitrogens with zero attached hydrogens (tertiary/aromatic N) is 2. The maximum atomic E-state index is 13.2. The Morgan fingerprint density at radius 1 is 1.06 bits per heavy atom. The zero-order valence-corrected chi connectivity index (χ0v) is 17.9. The van der Waals surface area contributed by atoms with Gasteiger partial charge in [0.05, 0.1) is 6.04 Å². The predicted molar refractivity (Wildman–Crippen MR) is 120 cm³/mol. The fraction of sp³-hybridized carbons (Fsp3) is 0.400. The summed E-state index contributed by atoms with van der Waals surface area (Å²) >= 11 is 0. The first-order valence-electron chi connectivity index (χ1n) is 11.0. The Kier molecular flexibility index (Phi) is 5.81. The molecule has 1 heterocycles. The number of rotatable bonds is 7. The minimum atomic E-state index is -1.10. The van der Waals surface area contributed by atoms with E-state index in [4.69, 9.17) is 5.73 Å². The van der Waals surface area contributed by atoms with Crippen LogP contribution in [0.2, 0.25) is 0 Å². The van der Waals surface area contributed by atoms with Gasteiger partial charge in [0, 0.05) is 12.2 Å². The molecule has 6 heteroatoms. The second-order valence-corrected chi connectivity index (χ2v) is 8.60. The molecular formula is C25H29N3O3. The number of carbonyl (C=O) groups is 3. The van der Waals surface area contributed by atoms with E-state index in [1.165, 1.54) is 0 Å². The van der Waals surface area contributed by atoms with Crippen molar-refractivity contribution in [2.24, 2.45) is 11.1 Å². The molecule has 0 unspecified atom stereocenters. The molecule has 2 fully saturated rings. The molecule has 1 atom stereocenters. The predicted octanol–water partition coefficient (Wildman–Crippen LogP) is 3.35. The molecule has 2 aromatic rings. The Labute approximate surface area is 183 Å². The van der Waals surface area contributed by atoms with Gasteiger partial charge in [-0.15, -0.1) is 0 Å². The van der Waals surface area contributed by atoms with E-state index in [2.05, 4.69) is 6.92 Å². The number of hydrogen-bond acceptors (Lipinski definition) is 3. The third-order valence-corrected chi connectivity index (χ3v) is 6.49. The van der Waals surface area contributed by atoms with E-state index < -0.39 is 11.3 Å². The SMILES string of the molecule is CCCC[C@@H]1CN(c2cccc(-c3ccccc3)c2)C(=O)CN1C(=O)C1(C(N)=O)CC1. The van der Waals surface area contributed by atoms with Gasteiger partial charge in [0.15, 0.2) is 0 Å². The first kappa shape index (κ1) is 21.1.